The van der Waals surface area contributed by atoms with Gasteiger partial charge in [0.1, 0.15) is 0 Å². The summed E-state index contributed by atoms with van der Waals surface area (Å²) in [5.74, 6) is -0.0853. The molecule has 1 aromatic carbocycles. The molecule has 0 aromatic heterocycles. The van der Waals surface area contributed by atoms with E-state index in [2.05, 4.69) is 20.8 Å². The van der Waals surface area contributed by atoms with E-state index >= 15 is 0 Å². The normalized spacial score (nSPS) is 22.8. The Morgan fingerprint density at radius 3 is 2.21 bits per heavy atom. The minimum atomic E-state index is -1.20. The number of benzene rings is 1. The topological polar surface area (TPSA) is 40.5 Å². The SMILES string of the molecule is CCC(CC)(CC)[C@]1(O)c2ccccc2C(=O)N1C. The Morgan fingerprint density at radius 2 is 1.68 bits per heavy atom. The van der Waals surface area contributed by atoms with Crippen LogP contribution in [-0.4, -0.2) is 23.0 Å². The summed E-state index contributed by atoms with van der Waals surface area (Å²) in [5.41, 5.74) is -0.108. The number of hydrogen-bond donors (Lipinski definition) is 1. The summed E-state index contributed by atoms with van der Waals surface area (Å²) >= 11 is 0. The average molecular weight is 261 g/mol. The predicted octanol–water partition coefficient (Wildman–Crippen LogP) is 3.13. The number of rotatable bonds is 4. The summed E-state index contributed by atoms with van der Waals surface area (Å²) in [7, 11) is 1.71. The van der Waals surface area contributed by atoms with Crippen molar-refractivity contribution >= 4 is 5.91 Å². The maximum atomic E-state index is 12.4. The quantitative estimate of drug-likeness (QED) is 0.904. The number of hydrogen-bond acceptors (Lipinski definition) is 2. The maximum absolute atomic E-state index is 12.4. The molecule has 1 atom stereocenters. The lowest BCUT2D eigenvalue weighted by molar-refractivity contribution is -0.176. The lowest BCUT2D eigenvalue weighted by atomic mass is 9.68. The Kier molecular flexibility index (Phi) is 3.43. The van der Waals surface area contributed by atoms with Crippen LogP contribution in [0.2, 0.25) is 0 Å². The molecule has 1 heterocycles. The van der Waals surface area contributed by atoms with E-state index in [1.807, 2.05) is 18.2 Å². The Morgan fingerprint density at radius 1 is 1.16 bits per heavy atom. The average Bonchev–Trinajstić information content (AvgIpc) is 2.65. The van der Waals surface area contributed by atoms with Crippen LogP contribution in [0.1, 0.15) is 56.0 Å². The molecule has 2 rings (SSSR count). The van der Waals surface area contributed by atoms with Gasteiger partial charge in [0.05, 0.1) is 0 Å². The van der Waals surface area contributed by atoms with Gasteiger partial charge in [-0.15, -0.1) is 0 Å². The molecule has 0 aliphatic carbocycles. The largest absolute Gasteiger partial charge is 0.366 e. The Balaban J connectivity index is 2.69. The minimum Gasteiger partial charge on any atom is -0.366 e. The first kappa shape index (κ1) is 14.1. The number of aliphatic hydroxyl groups is 1. The molecule has 0 unspecified atom stereocenters. The van der Waals surface area contributed by atoms with Gasteiger partial charge in [0, 0.05) is 23.6 Å². The lowest BCUT2D eigenvalue weighted by Crippen LogP contribution is -2.53. The van der Waals surface area contributed by atoms with Gasteiger partial charge in [-0.25, -0.2) is 0 Å². The fraction of sp³-hybridized carbons (Fsp3) is 0.562. The number of nitrogens with zero attached hydrogens (tertiary/aromatic N) is 1. The standard InChI is InChI=1S/C16H23NO2/c1-5-15(6-2,7-3)16(19)13-11-9-8-10-12(13)14(18)17(16)4/h8-11,19H,5-7H2,1-4H3/t16-/m1/s1. The van der Waals surface area contributed by atoms with Crippen molar-refractivity contribution in [3.8, 4) is 0 Å². The lowest BCUT2D eigenvalue weighted by Gasteiger charge is -2.48. The van der Waals surface area contributed by atoms with Crippen molar-refractivity contribution in [2.45, 2.75) is 45.8 Å². The van der Waals surface area contributed by atoms with Crippen LogP contribution in [0.5, 0.6) is 0 Å². The third-order valence-corrected chi connectivity index (χ3v) is 5.09. The molecule has 0 saturated carbocycles. The molecule has 3 heteroatoms. The first-order chi connectivity index (χ1) is 8.98. The molecule has 0 fully saturated rings. The molecular weight excluding hydrogens is 238 g/mol. The molecule has 0 radical (unpaired) electrons. The number of fused-ring (bicyclic) bond motifs is 1. The van der Waals surface area contributed by atoms with Gasteiger partial charge in [-0.2, -0.15) is 0 Å². The van der Waals surface area contributed by atoms with Gasteiger partial charge in [-0.05, 0) is 25.3 Å². The second-order valence-corrected chi connectivity index (χ2v) is 5.42. The molecule has 0 spiro atoms. The van der Waals surface area contributed by atoms with Crippen LogP contribution in [0.3, 0.4) is 0 Å². The van der Waals surface area contributed by atoms with E-state index in [0.29, 0.717) is 5.56 Å². The molecule has 1 aromatic rings. The van der Waals surface area contributed by atoms with Crippen molar-refractivity contribution < 1.29 is 9.90 Å². The van der Waals surface area contributed by atoms with E-state index in [0.717, 1.165) is 24.8 Å². The van der Waals surface area contributed by atoms with Gasteiger partial charge >= 0.3 is 0 Å². The summed E-state index contributed by atoms with van der Waals surface area (Å²) in [6.45, 7) is 6.26. The van der Waals surface area contributed by atoms with E-state index in [-0.39, 0.29) is 11.3 Å². The molecule has 19 heavy (non-hydrogen) atoms. The van der Waals surface area contributed by atoms with Gasteiger partial charge < -0.3 is 10.0 Å². The fourth-order valence-electron chi connectivity index (χ4n) is 3.61. The van der Waals surface area contributed by atoms with Crippen molar-refractivity contribution in [3.63, 3.8) is 0 Å². The number of amides is 1. The van der Waals surface area contributed by atoms with Crippen LogP contribution in [0.15, 0.2) is 24.3 Å². The summed E-state index contributed by atoms with van der Waals surface area (Å²) in [6, 6.07) is 7.42. The van der Waals surface area contributed by atoms with Crippen molar-refractivity contribution in [2.24, 2.45) is 5.41 Å². The van der Waals surface area contributed by atoms with Crippen LogP contribution in [0.4, 0.5) is 0 Å². The third-order valence-electron chi connectivity index (χ3n) is 5.09. The van der Waals surface area contributed by atoms with Crippen LogP contribution < -0.4 is 0 Å². The van der Waals surface area contributed by atoms with E-state index < -0.39 is 5.72 Å². The molecule has 0 bridgehead atoms. The summed E-state index contributed by atoms with van der Waals surface area (Å²) in [4.78, 5) is 13.9. The maximum Gasteiger partial charge on any atom is 0.256 e. The monoisotopic (exact) mass is 261 g/mol. The highest BCUT2D eigenvalue weighted by Crippen LogP contribution is 2.53. The van der Waals surface area contributed by atoms with E-state index in [4.69, 9.17) is 0 Å². The van der Waals surface area contributed by atoms with Crippen molar-refractivity contribution in [3.05, 3.63) is 35.4 Å². The number of carbonyl (C=O) groups excluding carboxylic acids is 1. The third kappa shape index (κ3) is 1.57. The van der Waals surface area contributed by atoms with Crippen LogP contribution in [0.25, 0.3) is 0 Å². The minimum absolute atomic E-state index is 0.0853. The Labute approximate surface area is 115 Å². The molecule has 104 valence electrons. The van der Waals surface area contributed by atoms with Gasteiger partial charge in [0.15, 0.2) is 5.72 Å². The Bertz CT molecular complexity index is 485. The first-order valence-corrected chi connectivity index (χ1v) is 7.08. The zero-order chi connectivity index (χ0) is 14.3. The fourth-order valence-corrected chi connectivity index (χ4v) is 3.61. The van der Waals surface area contributed by atoms with Crippen molar-refractivity contribution in [1.29, 1.82) is 0 Å². The summed E-state index contributed by atoms with van der Waals surface area (Å²) in [6.07, 6.45) is 2.51. The van der Waals surface area contributed by atoms with Crippen LogP contribution >= 0.6 is 0 Å². The van der Waals surface area contributed by atoms with E-state index in [9.17, 15) is 9.90 Å². The molecule has 3 nitrogen and oxygen atoms in total. The van der Waals surface area contributed by atoms with E-state index in [1.165, 1.54) is 4.90 Å². The highest BCUT2D eigenvalue weighted by atomic mass is 16.3. The highest BCUT2D eigenvalue weighted by Gasteiger charge is 2.57. The van der Waals surface area contributed by atoms with Crippen LogP contribution in [0, 0.1) is 5.41 Å². The van der Waals surface area contributed by atoms with Crippen molar-refractivity contribution in [2.75, 3.05) is 7.05 Å². The van der Waals surface area contributed by atoms with Gasteiger partial charge in [0.25, 0.3) is 5.91 Å². The molecule has 1 N–H and O–H groups in total. The predicted molar refractivity (Wildman–Crippen MR) is 75.7 cm³/mol. The second-order valence-electron chi connectivity index (χ2n) is 5.42. The Hall–Kier alpha value is -1.35. The molecular formula is C16H23NO2. The van der Waals surface area contributed by atoms with Gasteiger partial charge in [-0.3, -0.25) is 4.79 Å². The molecule has 0 saturated heterocycles. The number of carbonyl (C=O) groups is 1. The second kappa shape index (κ2) is 4.64. The molecule has 1 aliphatic rings. The van der Waals surface area contributed by atoms with Gasteiger partial charge in [0.2, 0.25) is 0 Å². The summed E-state index contributed by atoms with van der Waals surface area (Å²) in [5, 5.41) is 11.4. The molecule has 1 amide bonds. The highest BCUT2D eigenvalue weighted by molar-refractivity contribution is 5.99. The zero-order valence-corrected chi connectivity index (χ0v) is 12.2. The van der Waals surface area contributed by atoms with Crippen molar-refractivity contribution in [1.82, 2.24) is 4.90 Å². The molecule has 1 aliphatic heterocycles. The van der Waals surface area contributed by atoms with Crippen LogP contribution in [-0.2, 0) is 5.72 Å². The van der Waals surface area contributed by atoms with Gasteiger partial charge in [-0.1, -0.05) is 39.0 Å². The van der Waals surface area contributed by atoms with E-state index in [1.54, 1.807) is 13.1 Å². The zero-order valence-electron chi connectivity index (χ0n) is 12.2. The smallest absolute Gasteiger partial charge is 0.256 e. The summed E-state index contributed by atoms with van der Waals surface area (Å²) < 4.78 is 0. The first-order valence-electron chi connectivity index (χ1n) is 7.08.